The molecule has 0 spiro atoms. The summed E-state index contributed by atoms with van der Waals surface area (Å²) in [5.74, 6) is -4.49. The lowest BCUT2D eigenvalue weighted by Crippen LogP contribution is -2.34. The van der Waals surface area contributed by atoms with Crippen LogP contribution in [0.1, 0.15) is 45.4 Å². The Bertz CT molecular complexity index is 796. The second kappa shape index (κ2) is 8.81. The highest BCUT2D eigenvalue weighted by Crippen LogP contribution is 2.36. The number of amides is 1. The lowest BCUT2D eigenvalue weighted by atomic mass is 9.82. The molecular weight excluding hydrogens is 374 g/mol. The van der Waals surface area contributed by atoms with Gasteiger partial charge in [-0.2, -0.15) is 0 Å². The summed E-state index contributed by atoms with van der Waals surface area (Å²) < 4.78 is 9.74. The summed E-state index contributed by atoms with van der Waals surface area (Å²) in [4.78, 5) is 48.6. The van der Waals surface area contributed by atoms with Crippen LogP contribution in [0.5, 0.6) is 0 Å². The number of hydrogen-bond acceptors (Lipinski definition) is 7. The van der Waals surface area contributed by atoms with E-state index in [2.05, 4.69) is 5.32 Å². The van der Waals surface area contributed by atoms with E-state index in [9.17, 15) is 24.3 Å². The topological polar surface area (TPSA) is 119 Å². The number of nitrogens with one attached hydrogen (secondary N) is 1. The van der Waals surface area contributed by atoms with E-state index in [1.54, 1.807) is 26.0 Å². The van der Waals surface area contributed by atoms with Crippen LogP contribution in [-0.2, 0) is 19.1 Å². The molecule has 0 saturated carbocycles. The Hall–Kier alpha value is -2.68. The van der Waals surface area contributed by atoms with Gasteiger partial charge in [-0.05, 0) is 32.3 Å². The maximum absolute atomic E-state index is 12.7. The summed E-state index contributed by atoms with van der Waals surface area (Å²) in [6.07, 6.45) is 4.03. The van der Waals surface area contributed by atoms with Gasteiger partial charge in [0.25, 0.3) is 0 Å². The minimum atomic E-state index is -1.05. The van der Waals surface area contributed by atoms with Crippen molar-refractivity contribution in [2.75, 3.05) is 19.0 Å². The molecule has 0 radical (unpaired) electrons. The molecule has 2 rings (SSSR count). The first-order valence-electron chi connectivity index (χ1n) is 8.39. The SMILES string of the molecule is CCOC(=O)c1sc(NC(=O)[C@@H]2CC=CC[C@@H]2C(=O)O)c(C(=O)OC)c1C. The molecule has 0 aromatic carbocycles. The third-order valence-corrected chi connectivity index (χ3v) is 5.51. The van der Waals surface area contributed by atoms with Gasteiger partial charge in [-0.25, -0.2) is 9.59 Å². The van der Waals surface area contributed by atoms with E-state index in [0.29, 0.717) is 5.56 Å². The molecule has 27 heavy (non-hydrogen) atoms. The Morgan fingerprint density at radius 1 is 1.19 bits per heavy atom. The van der Waals surface area contributed by atoms with Gasteiger partial charge >= 0.3 is 17.9 Å². The van der Waals surface area contributed by atoms with E-state index in [1.807, 2.05) is 0 Å². The number of rotatable bonds is 6. The molecule has 0 fully saturated rings. The van der Waals surface area contributed by atoms with Crippen molar-refractivity contribution in [3.63, 3.8) is 0 Å². The summed E-state index contributed by atoms with van der Waals surface area (Å²) in [6, 6.07) is 0. The summed E-state index contributed by atoms with van der Waals surface area (Å²) in [5.41, 5.74) is 0.413. The number of carbonyl (C=O) groups is 4. The summed E-state index contributed by atoms with van der Waals surface area (Å²) in [5, 5.41) is 12.1. The van der Waals surface area contributed by atoms with Crippen molar-refractivity contribution in [3.05, 3.63) is 28.2 Å². The minimum absolute atomic E-state index is 0.0668. The number of allylic oxidation sites excluding steroid dienone is 2. The average molecular weight is 395 g/mol. The number of methoxy groups -OCH3 is 1. The third-order valence-electron chi connectivity index (χ3n) is 4.32. The van der Waals surface area contributed by atoms with Crippen LogP contribution in [-0.4, -0.2) is 42.6 Å². The Labute approximate surface area is 160 Å². The molecule has 0 aliphatic heterocycles. The van der Waals surface area contributed by atoms with Crippen LogP contribution in [0, 0.1) is 18.8 Å². The van der Waals surface area contributed by atoms with Gasteiger partial charge in [0.1, 0.15) is 9.88 Å². The summed E-state index contributed by atoms with van der Waals surface area (Å²) >= 11 is 0.907. The molecule has 1 aliphatic rings. The number of hydrogen-bond donors (Lipinski definition) is 2. The van der Waals surface area contributed by atoms with Gasteiger partial charge in [0, 0.05) is 0 Å². The van der Waals surface area contributed by atoms with Crippen molar-refractivity contribution in [2.45, 2.75) is 26.7 Å². The van der Waals surface area contributed by atoms with Crippen LogP contribution in [0.4, 0.5) is 5.00 Å². The van der Waals surface area contributed by atoms with Crippen LogP contribution in [0.3, 0.4) is 0 Å². The first kappa shape index (κ1) is 20.6. The van der Waals surface area contributed by atoms with Crippen molar-refractivity contribution in [1.29, 1.82) is 0 Å². The molecule has 1 aromatic heterocycles. The molecule has 1 aromatic rings. The maximum atomic E-state index is 12.7. The molecule has 9 heteroatoms. The molecule has 1 amide bonds. The highest BCUT2D eigenvalue weighted by atomic mass is 32.1. The number of thiophene rings is 1. The van der Waals surface area contributed by atoms with Crippen LogP contribution in [0.15, 0.2) is 12.2 Å². The fourth-order valence-corrected chi connectivity index (χ4v) is 4.01. The lowest BCUT2D eigenvalue weighted by molar-refractivity contribution is -0.146. The zero-order chi connectivity index (χ0) is 20.1. The third kappa shape index (κ3) is 4.36. The Balaban J connectivity index is 2.36. The molecule has 146 valence electrons. The predicted molar refractivity (Wildman–Crippen MR) is 98.0 cm³/mol. The normalized spacial score (nSPS) is 18.6. The molecule has 8 nitrogen and oxygen atoms in total. The molecule has 0 bridgehead atoms. The summed E-state index contributed by atoms with van der Waals surface area (Å²) in [6.45, 7) is 3.39. The Morgan fingerprint density at radius 3 is 2.37 bits per heavy atom. The number of carbonyl (C=O) groups excluding carboxylic acids is 3. The first-order valence-corrected chi connectivity index (χ1v) is 9.20. The summed E-state index contributed by atoms with van der Waals surface area (Å²) in [7, 11) is 1.20. The van der Waals surface area contributed by atoms with Crippen molar-refractivity contribution in [3.8, 4) is 0 Å². The Morgan fingerprint density at radius 2 is 1.81 bits per heavy atom. The van der Waals surface area contributed by atoms with Gasteiger partial charge in [-0.15, -0.1) is 11.3 Å². The largest absolute Gasteiger partial charge is 0.481 e. The highest BCUT2D eigenvalue weighted by molar-refractivity contribution is 7.18. The van der Waals surface area contributed by atoms with Crippen LogP contribution < -0.4 is 5.32 Å². The van der Waals surface area contributed by atoms with Crippen LogP contribution in [0.25, 0.3) is 0 Å². The zero-order valence-electron chi connectivity index (χ0n) is 15.2. The molecule has 1 aliphatic carbocycles. The second-order valence-corrected chi connectivity index (χ2v) is 6.98. The monoisotopic (exact) mass is 395 g/mol. The van der Waals surface area contributed by atoms with Crippen molar-refractivity contribution in [1.82, 2.24) is 0 Å². The molecule has 2 atom stereocenters. The zero-order valence-corrected chi connectivity index (χ0v) is 16.1. The van der Waals surface area contributed by atoms with Crippen molar-refractivity contribution >= 4 is 40.2 Å². The molecule has 0 saturated heterocycles. The van der Waals surface area contributed by atoms with Crippen LogP contribution >= 0.6 is 11.3 Å². The number of anilines is 1. The van der Waals surface area contributed by atoms with Crippen LogP contribution in [0.2, 0.25) is 0 Å². The van der Waals surface area contributed by atoms with Gasteiger partial charge < -0.3 is 19.9 Å². The fraction of sp³-hybridized carbons (Fsp3) is 0.444. The standard InChI is InChI=1S/C18H21NO7S/c1-4-26-18(24)13-9(2)12(17(23)25-3)15(27-13)19-14(20)10-7-5-6-8-11(10)16(21)22/h5-6,10-11H,4,7-8H2,1-3H3,(H,19,20)(H,21,22)/t10-,11+/m1/s1. The highest BCUT2D eigenvalue weighted by Gasteiger charge is 2.35. The maximum Gasteiger partial charge on any atom is 0.348 e. The van der Waals surface area contributed by atoms with Gasteiger partial charge in [0.2, 0.25) is 5.91 Å². The van der Waals surface area contributed by atoms with Crippen molar-refractivity contribution in [2.24, 2.45) is 11.8 Å². The van der Waals surface area contributed by atoms with E-state index in [-0.39, 0.29) is 34.9 Å². The first-order chi connectivity index (χ1) is 12.8. The fourth-order valence-electron chi connectivity index (χ4n) is 2.92. The van der Waals surface area contributed by atoms with E-state index < -0.39 is 35.7 Å². The average Bonchev–Trinajstić information content (AvgIpc) is 2.97. The number of ether oxygens (including phenoxy) is 2. The van der Waals surface area contributed by atoms with Gasteiger partial charge in [0.05, 0.1) is 31.1 Å². The number of aliphatic carboxylic acids is 1. The Kier molecular flexibility index (Phi) is 6.73. The molecule has 2 N–H and O–H groups in total. The van der Waals surface area contributed by atoms with E-state index in [4.69, 9.17) is 9.47 Å². The van der Waals surface area contributed by atoms with E-state index in [1.165, 1.54) is 7.11 Å². The molecular formula is C18H21NO7S. The quantitative estimate of drug-likeness (QED) is 0.561. The van der Waals surface area contributed by atoms with Crippen molar-refractivity contribution < 1.29 is 33.8 Å². The van der Waals surface area contributed by atoms with E-state index in [0.717, 1.165) is 11.3 Å². The minimum Gasteiger partial charge on any atom is -0.481 e. The smallest absolute Gasteiger partial charge is 0.348 e. The van der Waals surface area contributed by atoms with Gasteiger partial charge in [0.15, 0.2) is 0 Å². The van der Waals surface area contributed by atoms with E-state index >= 15 is 0 Å². The number of carboxylic acid groups (broad SMARTS) is 1. The lowest BCUT2D eigenvalue weighted by Gasteiger charge is -2.24. The number of carboxylic acids is 1. The number of esters is 2. The predicted octanol–water partition coefficient (Wildman–Crippen LogP) is 2.63. The van der Waals surface area contributed by atoms with Gasteiger partial charge in [-0.3, -0.25) is 9.59 Å². The molecule has 1 heterocycles. The van der Waals surface area contributed by atoms with Gasteiger partial charge in [-0.1, -0.05) is 12.2 Å². The molecule has 0 unspecified atom stereocenters. The second-order valence-electron chi connectivity index (χ2n) is 5.96.